The zero-order chi connectivity index (χ0) is 17.6. The summed E-state index contributed by atoms with van der Waals surface area (Å²) in [7, 11) is 1.60. The third-order valence-electron chi connectivity index (χ3n) is 4.63. The van der Waals surface area contributed by atoms with Crippen LogP contribution in [-0.4, -0.2) is 24.8 Å². The van der Waals surface area contributed by atoms with Crippen molar-refractivity contribution >= 4 is 6.03 Å². The summed E-state index contributed by atoms with van der Waals surface area (Å²) in [6, 6.07) is 15.2. The van der Waals surface area contributed by atoms with E-state index in [1.54, 1.807) is 31.4 Å². The minimum absolute atomic E-state index is 0.0306. The summed E-state index contributed by atoms with van der Waals surface area (Å²) in [6.45, 7) is 0.159. The van der Waals surface area contributed by atoms with E-state index in [0.717, 1.165) is 30.6 Å². The number of carbonyl (C=O) groups excluding carboxylic acids is 1. The fourth-order valence-corrected chi connectivity index (χ4v) is 3.25. The molecule has 0 heterocycles. The van der Waals surface area contributed by atoms with Crippen LogP contribution in [0.25, 0.3) is 0 Å². The van der Waals surface area contributed by atoms with Gasteiger partial charge in [0.1, 0.15) is 5.75 Å². The first kappa shape index (κ1) is 17.3. The number of fused-ring (bicyclic) bond motifs is 1. The Morgan fingerprint density at radius 1 is 1.24 bits per heavy atom. The number of hydrogen-bond donors (Lipinski definition) is 3. The molecule has 0 radical (unpaired) electrons. The van der Waals surface area contributed by atoms with Gasteiger partial charge in [-0.05, 0) is 48.1 Å². The summed E-state index contributed by atoms with van der Waals surface area (Å²) in [5.74, 6) is 0.734. The Balaban J connectivity index is 1.53. The topological polar surface area (TPSA) is 70.6 Å². The lowest BCUT2D eigenvalue weighted by molar-refractivity contribution is 0.172. The highest BCUT2D eigenvalue weighted by Gasteiger charge is 2.21. The summed E-state index contributed by atoms with van der Waals surface area (Å²) in [4.78, 5) is 12.2. The smallest absolute Gasteiger partial charge is 0.315 e. The van der Waals surface area contributed by atoms with Crippen molar-refractivity contribution in [3.8, 4) is 5.75 Å². The Morgan fingerprint density at radius 2 is 2.00 bits per heavy atom. The van der Waals surface area contributed by atoms with Crippen LogP contribution in [0.5, 0.6) is 5.75 Å². The van der Waals surface area contributed by atoms with Crippen LogP contribution in [-0.2, 0) is 6.42 Å². The van der Waals surface area contributed by atoms with Gasteiger partial charge >= 0.3 is 6.03 Å². The van der Waals surface area contributed by atoms with Crippen molar-refractivity contribution in [2.75, 3.05) is 13.7 Å². The van der Waals surface area contributed by atoms with Gasteiger partial charge in [0, 0.05) is 6.54 Å². The van der Waals surface area contributed by atoms with Crippen LogP contribution in [0.3, 0.4) is 0 Å². The molecule has 0 spiro atoms. The SMILES string of the molecule is COc1ccc(C(O)CNC(=O)NC2CCCc3ccccc32)cc1. The van der Waals surface area contributed by atoms with Crippen molar-refractivity contribution < 1.29 is 14.6 Å². The zero-order valence-electron chi connectivity index (χ0n) is 14.4. The second kappa shape index (κ2) is 8.03. The monoisotopic (exact) mass is 340 g/mol. The van der Waals surface area contributed by atoms with Gasteiger partial charge in [-0.3, -0.25) is 0 Å². The second-order valence-electron chi connectivity index (χ2n) is 6.29. The van der Waals surface area contributed by atoms with Crippen molar-refractivity contribution in [3.05, 3.63) is 65.2 Å². The average molecular weight is 340 g/mol. The Hall–Kier alpha value is -2.53. The highest BCUT2D eigenvalue weighted by Crippen LogP contribution is 2.29. The van der Waals surface area contributed by atoms with E-state index in [-0.39, 0.29) is 18.6 Å². The van der Waals surface area contributed by atoms with E-state index < -0.39 is 6.10 Å². The minimum atomic E-state index is -0.754. The largest absolute Gasteiger partial charge is 0.497 e. The van der Waals surface area contributed by atoms with E-state index in [4.69, 9.17) is 4.74 Å². The molecule has 0 saturated heterocycles. The van der Waals surface area contributed by atoms with Crippen molar-refractivity contribution in [1.82, 2.24) is 10.6 Å². The first-order valence-electron chi connectivity index (χ1n) is 8.61. The fraction of sp³-hybridized carbons (Fsp3) is 0.350. The van der Waals surface area contributed by atoms with Gasteiger partial charge in [-0.25, -0.2) is 4.79 Å². The van der Waals surface area contributed by atoms with E-state index in [1.807, 2.05) is 12.1 Å². The Bertz CT molecular complexity index is 715. The number of amides is 2. The number of methoxy groups -OCH3 is 1. The number of benzene rings is 2. The van der Waals surface area contributed by atoms with Gasteiger partial charge in [-0.15, -0.1) is 0 Å². The van der Waals surface area contributed by atoms with Gasteiger partial charge in [0.2, 0.25) is 0 Å². The Kier molecular flexibility index (Phi) is 5.56. The van der Waals surface area contributed by atoms with E-state index in [1.165, 1.54) is 11.1 Å². The third-order valence-corrected chi connectivity index (χ3v) is 4.63. The summed E-state index contributed by atoms with van der Waals surface area (Å²) >= 11 is 0. The van der Waals surface area contributed by atoms with Crippen LogP contribution in [0.4, 0.5) is 4.79 Å². The maximum absolute atomic E-state index is 12.2. The van der Waals surface area contributed by atoms with Crippen LogP contribution in [0.15, 0.2) is 48.5 Å². The minimum Gasteiger partial charge on any atom is -0.497 e. The molecule has 2 aromatic carbocycles. The predicted molar refractivity (Wildman–Crippen MR) is 96.6 cm³/mol. The summed E-state index contributed by atoms with van der Waals surface area (Å²) in [5.41, 5.74) is 3.24. The van der Waals surface area contributed by atoms with Crippen LogP contribution in [0, 0.1) is 0 Å². The number of aryl methyl sites for hydroxylation is 1. The fourth-order valence-electron chi connectivity index (χ4n) is 3.25. The van der Waals surface area contributed by atoms with Crippen molar-refractivity contribution in [1.29, 1.82) is 0 Å². The maximum atomic E-state index is 12.2. The lowest BCUT2D eigenvalue weighted by Crippen LogP contribution is -2.40. The molecular weight excluding hydrogens is 316 g/mol. The molecule has 0 aromatic heterocycles. The van der Waals surface area contributed by atoms with Gasteiger partial charge < -0.3 is 20.5 Å². The molecule has 25 heavy (non-hydrogen) atoms. The van der Waals surface area contributed by atoms with Gasteiger partial charge in [0.05, 0.1) is 19.3 Å². The van der Waals surface area contributed by atoms with Crippen LogP contribution < -0.4 is 15.4 Å². The molecule has 132 valence electrons. The highest BCUT2D eigenvalue weighted by molar-refractivity contribution is 5.74. The van der Waals surface area contributed by atoms with E-state index in [2.05, 4.69) is 22.8 Å². The van der Waals surface area contributed by atoms with Crippen molar-refractivity contribution in [3.63, 3.8) is 0 Å². The number of carbonyl (C=O) groups is 1. The van der Waals surface area contributed by atoms with E-state index >= 15 is 0 Å². The zero-order valence-corrected chi connectivity index (χ0v) is 14.4. The molecule has 3 rings (SSSR count). The number of nitrogens with one attached hydrogen (secondary N) is 2. The second-order valence-corrected chi connectivity index (χ2v) is 6.29. The maximum Gasteiger partial charge on any atom is 0.315 e. The predicted octanol–water partition coefficient (Wildman–Crippen LogP) is 3.11. The molecular formula is C20H24N2O3. The standard InChI is InChI=1S/C20H24N2O3/c1-25-16-11-9-15(10-12-16)19(23)13-21-20(24)22-18-8-4-6-14-5-2-3-7-17(14)18/h2-3,5,7,9-12,18-19,23H,4,6,8,13H2,1H3,(H2,21,22,24). The van der Waals surface area contributed by atoms with Crippen LogP contribution >= 0.6 is 0 Å². The molecule has 2 atom stereocenters. The summed E-state index contributed by atoms with van der Waals surface area (Å²) < 4.78 is 5.10. The molecule has 0 fully saturated rings. The molecule has 1 aliphatic rings. The first-order valence-corrected chi connectivity index (χ1v) is 8.61. The number of hydrogen-bond acceptors (Lipinski definition) is 3. The van der Waals surface area contributed by atoms with Gasteiger partial charge in [0.15, 0.2) is 0 Å². The molecule has 0 saturated carbocycles. The molecule has 2 amide bonds. The molecule has 3 N–H and O–H groups in total. The number of urea groups is 1. The average Bonchev–Trinajstić information content (AvgIpc) is 2.66. The van der Waals surface area contributed by atoms with Gasteiger partial charge in [0.25, 0.3) is 0 Å². The van der Waals surface area contributed by atoms with Crippen LogP contribution in [0.1, 0.15) is 41.7 Å². The van der Waals surface area contributed by atoms with Gasteiger partial charge in [-0.1, -0.05) is 36.4 Å². The van der Waals surface area contributed by atoms with Crippen LogP contribution in [0.2, 0.25) is 0 Å². The number of aliphatic hydroxyl groups is 1. The number of aliphatic hydroxyl groups excluding tert-OH is 1. The van der Waals surface area contributed by atoms with Crippen molar-refractivity contribution in [2.45, 2.75) is 31.4 Å². The normalized spacial score (nSPS) is 17.3. The third kappa shape index (κ3) is 4.31. The first-order chi connectivity index (χ1) is 12.2. The van der Waals surface area contributed by atoms with E-state index in [9.17, 15) is 9.90 Å². The number of rotatable bonds is 5. The van der Waals surface area contributed by atoms with Crippen molar-refractivity contribution in [2.24, 2.45) is 0 Å². The molecule has 2 unspecified atom stereocenters. The highest BCUT2D eigenvalue weighted by atomic mass is 16.5. The molecule has 5 nitrogen and oxygen atoms in total. The Morgan fingerprint density at radius 3 is 2.76 bits per heavy atom. The molecule has 2 aromatic rings. The van der Waals surface area contributed by atoms with E-state index in [0.29, 0.717) is 0 Å². The quantitative estimate of drug-likeness (QED) is 0.783. The molecule has 0 aliphatic heterocycles. The molecule has 1 aliphatic carbocycles. The Labute approximate surface area is 148 Å². The van der Waals surface area contributed by atoms with Gasteiger partial charge in [-0.2, -0.15) is 0 Å². The molecule has 0 bridgehead atoms. The number of ether oxygens (including phenoxy) is 1. The lowest BCUT2D eigenvalue weighted by atomic mass is 9.88. The molecule has 5 heteroatoms. The lowest BCUT2D eigenvalue weighted by Gasteiger charge is -2.26. The summed E-state index contributed by atoms with van der Waals surface area (Å²) in [5, 5.41) is 16.0. The summed E-state index contributed by atoms with van der Waals surface area (Å²) in [6.07, 6.45) is 2.31.